The molecule has 0 aromatic rings. The lowest BCUT2D eigenvalue weighted by Gasteiger charge is -2.21. The molecule has 1 rings (SSSR count). The van der Waals surface area contributed by atoms with Crippen LogP contribution in [0.4, 0.5) is 0 Å². The zero-order valence-electron chi connectivity index (χ0n) is 7.12. The van der Waals surface area contributed by atoms with Gasteiger partial charge in [0.25, 0.3) is 0 Å². The van der Waals surface area contributed by atoms with Crippen molar-refractivity contribution in [1.29, 1.82) is 0 Å². The highest BCUT2D eigenvalue weighted by atomic mass is 31.2. The Morgan fingerprint density at radius 3 is 2.83 bits per heavy atom. The van der Waals surface area contributed by atoms with Crippen molar-refractivity contribution < 1.29 is 18.6 Å². The number of methoxy groups -OCH3 is 1. The molecule has 1 atom stereocenters. The van der Waals surface area contributed by atoms with E-state index in [9.17, 15) is 9.36 Å². The summed E-state index contributed by atoms with van der Waals surface area (Å²) < 4.78 is 21.2. The Balaban J connectivity index is 2.47. The van der Waals surface area contributed by atoms with Crippen molar-refractivity contribution in [2.24, 2.45) is 0 Å². The number of hydrogen-bond acceptors (Lipinski definition) is 4. The van der Waals surface area contributed by atoms with Gasteiger partial charge in [0.2, 0.25) is 7.37 Å². The minimum atomic E-state index is -2.66. The van der Waals surface area contributed by atoms with E-state index in [1.165, 1.54) is 7.11 Å². The van der Waals surface area contributed by atoms with Gasteiger partial charge in [-0.2, -0.15) is 0 Å². The molecule has 0 N–H and O–H groups in total. The largest absolute Gasteiger partial charge is 0.469 e. The van der Waals surface area contributed by atoms with Crippen LogP contribution in [0.3, 0.4) is 0 Å². The molecule has 1 aliphatic heterocycles. The number of carbonyl (C=O) groups excluding carboxylic acids is 1. The van der Waals surface area contributed by atoms with E-state index in [0.717, 1.165) is 12.8 Å². The van der Waals surface area contributed by atoms with E-state index in [1.807, 2.05) is 0 Å². The van der Waals surface area contributed by atoms with Crippen molar-refractivity contribution in [1.82, 2.24) is 0 Å². The smallest absolute Gasteiger partial charge is 0.315 e. The van der Waals surface area contributed by atoms with E-state index in [1.54, 1.807) is 0 Å². The van der Waals surface area contributed by atoms with Crippen molar-refractivity contribution >= 4 is 13.3 Å². The van der Waals surface area contributed by atoms with Crippen LogP contribution in [0.5, 0.6) is 0 Å². The van der Waals surface area contributed by atoms with Gasteiger partial charge in [0, 0.05) is 6.16 Å². The zero-order valence-corrected chi connectivity index (χ0v) is 8.01. The molecule has 5 heteroatoms. The lowest BCUT2D eigenvalue weighted by Crippen LogP contribution is -2.14. The summed E-state index contributed by atoms with van der Waals surface area (Å²) in [6.07, 6.45) is 2.27. The number of hydrogen-bond donors (Lipinski definition) is 0. The maximum Gasteiger partial charge on any atom is 0.315 e. The van der Waals surface area contributed by atoms with Gasteiger partial charge in [-0.15, -0.1) is 0 Å². The van der Waals surface area contributed by atoms with E-state index >= 15 is 0 Å². The lowest BCUT2D eigenvalue weighted by atomic mass is 10.4. The summed E-state index contributed by atoms with van der Waals surface area (Å²) in [4.78, 5) is 10.8. The molecule has 0 amide bonds. The van der Waals surface area contributed by atoms with Crippen LogP contribution in [-0.2, 0) is 18.6 Å². The Bertz CT molecular complexity index is 203. The molecule has 12 heavy (non-hydrogen) atoms. The van der Waals surface area contributed by atoms with Gasteiger partial charge in [-0.25, -0.2) is 0 Å². The number of ether oxygens (including phenoxy) is 1. The van der Waals surface area contributed by atoms with Crippen LogP contribution in [0.15, 0.2) is 0 Å². The van der Waals surface area contributed by atoms with Crippen molar-refractivity contribution in [2.75, 3.05) is 26.0 Å². The van der Waals surface area contributed by atoms with Gasteiger partial charge in [0.1, 0.15) is 6.16 Å². The SMILES string of the molecule is COC(=O)CP1(=O)CCCCO1. The molecule has 0 aliphatic carbocycles. The molecule has 1 saturated heterocycles. The van der Waals surface area contributed by atoms with Gasteiger partial charge in [-0.1, -0.05) is 0 Å². The first-order chi connectivity index (χ1) is 5.66. The lowest BCUT2D eigenvalue weighted by molar-refractivity contribution is -0.137. The molecule has 4 nitrogen and oxygen atoms in total. The Morgan fingerprint density at radius 1 is 1.58 bits per heavy atom. The predicted octanol–water partition coefficient (Wildman–Crippen LogP) is 1.25. The summed E-state index contributed by atoms with van der Waals surface area (Å²) in [5.74, 6) is -0.444. The highest BCUT2D eigenvalue weighted by Crippen LogP contribution is 2.50. The molecule has 0 spiro atoms. The molecule has 70 valence electrons. The maximum absolute atomic E-state index is 11.7. The first-order valence-electron chi connectivity index (χ1n) is 3.96. The molecule has 0 radical (unpaired) electrons. The van der Waals surface area contributed by atoms with Crippen molar-refractivity contribution in [2.45, 2.75) is 12.8 Å². The molecule has 0 saturated carbocycles. The van der Waals surface area contributed by atoms with Crippen LogP contribution in [0.25, 0.3) is 0 Å². The summed E-state index contributed by atoms with van der Waals surface area (Å²) >= 11 is 0. The van der Waals surface area contributed by atoms with Crippen molar-refractivity contribution in [3.8, 4) is 0 Å². The summed E-state index contributed by atoms with van der Waals surface area (Å²) in [6.45, 7) is 0.508. The van der Waals surface area contributed by atoms with E-state index in [-0.39, 0.29) is 6.16 Å². The second kappa shape index (κ2) is 4.06. The summed E-state index contributed by atoms with van der Waals surface area (Å²) in [7, 11) is -1.37. The fraction of sp³-hybridized carbons (Fsp3) is 0.857. The first-order valence-corrected chi connectivity index (χ1v) is 5.95. The fourth-order valence-corrected chi connectivity index (χ4v) is 3.20. The van der Waals surface area contributed by atoms with E-state index in [2.05, 4.69) is 4.74 Å². The zero-order chi connectivity index (χ0) is 9.03. The van der Waals surface area contributed by atoms with E-state index in [4.69, 9.17) is 4.52 Å². The van der Waals surface area contributed by atoms with Gasteiger partial charge < -0.3 is 9.26 Å². The third-order valence-electron chi connectivity index (χ3n) is 1.82. The Kier molecular flexibility index (Phi) is 3.29. The highest BCUT2D eigenvalue weighted by molar-refractivity contribution is 7.59. The van der Waals surface area contributed by atoms with E-state index in [0.29, 0.717) is 12.8 Å². The van der Waals surface area contributed by atoms with Crippen LogP contribution in [0.2, 0.25) is 0 Å². The summed E-state index contributed by atoms with van der Waals surface area (Å²) in [5.41, 5.74) is 0. The quantitative estimate of drug-likeness (QED) is 0.488. The Hall–Kier alpha value is -0.340. The third kappa shape index (κ3) is 2.61. The molecular weight excluding hydrogens is 179 g/mol. The van der Waals surface area contributed by atoms with Gasteiger partial charge in [0.05, 0.1) is 13.7 Å². The molecule has 1 unspecified atom stereocenters. The summed E-state index contributed by atoms with van der Waals surface area (Å²) in [5, 5.41) is 0. The highest BCUT2D eigenvalue weighted by Gasteiger charge is 2.29. The number of rotatable bonds is 2. The van der Waals surface area contributed by atoms with Crippen molar-refractivity contribution in [3.63, 3.8) is 0 Å². The second-order valence-corrected chi connectivity index (χ2v) is 5.46. The molecule has 1 aliphatic rings. The monoisotopic (exact) mass is 192 g/mol. The molecule has 1 heterocycles. The topological polar surface area (TPSA) is 52.6 Å². The normalized spacial score (nSPS) is 29.8. The Labute approximate surface area is 71.7 Å². The van der Waals surface area contributed by atoms with Gasteiger partial charge in [-0.05, 0) is 12.8 Å². The predicted molar refractivity (Wildman–Crippen MR) is 44.5 cm³/mol. The van der Waals surface area contributed by atoms with Crippen LogP contribution in [0.1, 0.15) is 12.8 Å². The Morgan fingerprint density at radius 2 is 2.33 bits per heavy atom. The first kappa shape index (κ1) is 9.75. The minimum absolute atomic E-state index is 0.0660. The molecule has 1 fully saturated rings. The number of esters is 1. The van der Waals surface area contributed by atoms with Gasteiger partial charge in [-0.3, -0.25) is 9.36 Å². The number of carbonyl (C=O) groups is 1. The standard InChI is InChI=1S/C7H13O4P/c1-10-7(8)6-12(9)5-3-2-4-11-12/h2-6H2,1H3. The molecule has 0 aromatic carbocycles. The van der Waals surface area contributed by atoms with Crippen LogP contribution >= 0.6 is 7.37 Å². The molecule has 0 aromatic heterocycles. The van der Waals surface area contributed by atoms with E-state index < -0.39 is 13.3 Å². The minimum Gasteiger partial charge on any atom is -0.469 e. The average molecular weight is 192 g/mol. The molecule has 0 bridgehead atoms. The van der Waals surface area contributed by atoms with Gasteiger partial charge in [0.15, 0.2) is 0 Å². The second-order valence-electron chi connectivity index (χ2n) is 2.81. The summed E-state index contributed by atoms with van der Waals surface area (Å²) in [6, 6.07) is 0. The van der Waals surface area contributed by atoms with Crippen molar-refractivity contribution in [3.05, 3.63) is 0 Å². The third-order valence-corrected chi connectivity index (χ3v) is 4.21. The van der Waals surface area contributed by atoms with Crippen LogP contribution < -0.4 is 0 Å². The van der Waals surface area contributed by atoms with Crippen LogP contribution in [-0.4, -0.2) is 32.0 Å². The van der Waals surface area contributed by atoms with Crippen LogP contribution in [0, 0.1) is 0 Å². The average Bonchev–Trinajstić information content (AvgIpc) is 2.05. The molecular formula is C7H13O4P. The maximum atomic E-state index is 11.7. The fourth-order valence-electron chi connectivity index (χ4n) is 1.14. The van der Waals surface area contributed by atoms with Gasteiger partial charge >= 0.3 is 5.97 Å².